The fraction of sp³-hybridized carbons (Fsp3) is 0.278. The minimum Gasteiger partial charge on any atom is -0.492 e. The lowest BCUT2D eigenvalue weighted by Crippen LogP contribution is -2.33. The number of halogens is 1. The third-order valence-corrected chi connectivity index (χ3v) is 3.54. The van der Waals surface area contributed by atoms with Gasteiger partial charge >= 0.3 is 0 Å². The third-order valence-electron chi connectivity index (χ3n) is 3.54. The molecule has 2 rings (SSSR count). The van der Waals surface area contributed by atoms with E-state index in [9.17, 15) is 9.18 Å². The highest BCUT2D eigenvalue weighted by Gasteiger charge is 2.16. The summed E-state index contributed by atoms with van der Waals surface area (Å²) in [6.45, 7) is 4.41. The number of ketones is 1. The molecule has 5 heteroatoms. The molecule has 0 spiro atoms. The summed E-state index contributed by atoms with van der Waals surface area (Å²) in [6, 6.07) is 11.0. The van der Waals surface area contributed by atoms with Gasteiger partial charge in [-0.2, -0.15) is 0 Å². The molecule has 1 atom stereocenters. The lowest BCUT2D eigenvalue weighted by Gasteiger charge is -2.14. The van der Waals surface area contributed by atoms with Crippen molar-refractivity contribution < 1.29 is 13.9 Å². The molecule has 0 bridgehead atoms. The van der Waals surface area contributed by atoms with Crippen LogP contribution >= 0.6 is 0 Å². The standard InChI is InChI=1S/C18H21FN2O2/c1-3-23-17-9-8-13(10-16(17)20)18(22)12(2)21-11-14-6-4-5-7-15(14)19/h4-10,12,21H,3,11,20H2,1-2H3. The summed E-state index contributed by atoms with van der Waals surface area (Å²) < 4.78 is 18.9. The summed E-state index contributed by atoms with van der Waals surface area (Å²) in [7, 11) is 0. The fourth-order valence-corrected chi connectivity index (χ4v) is 2.24. The van der Waals surface area contributed by atoms with E-state index in [1.54, 1.807) is 43.3 Å². The van der Waals surface area contributed by atoms with Gasteiger partial charge < -0.3 is 15.8 Å². The molecule has 0 radical (unpaired) electrons. The van der Waals surface area contributed by atoms with Gasteiger partial charge in [0.05, 0.1) is 18.3 Å². The van der Waals surface area contributed by atoms with Gasteiger partial charge in [0.1, 0.15) is 11.6 Å². The van der Waals surface area contributed by atoms with E-state index in [0.29, 0.717) is 29.2 Å². The normalized spacial score (nSPS) is 12.0. The van der Waals surface area contributed by atoms with Gasteiger partial charge in [0.15, 0.2) is 5.78 Å². The van der Waals surface area contributed by atoms with Gasteiger partial charge in [-0.3, -0.25) is 4.79 Å². The second-order valence-corrected chi connectivity index (χ2v) is 5.24. The van der Waals surface area contributed by atoms with Crippen LogP contribution in [-0.4, -0.2) is 18.4 Å². The van der Waals surface area contributed by atoms with Crippen molar-refractivity contribution in [2.75, 3.05) is 12.3 Å². The van der Waals surface area contributed by atoms with Crippen molar-refractivity contribution in [3.63, 3.8) is 0 Å². The Kier molecular flexibility index (Phi) is 5.71. The van der Waals surface area contributed by atoms with Crippen molar-refractivity contribution in [1.29, 1.82) is 0 Å². The molecule has 1 unspecified atom stereocenters. The Bertz CT molecular complexity index is 688. The molecule has 4 nitrogen and oxygen atoms in total. The highest BCUT2D eigenvalue weighted by molar-refractivity contribution is 6.00. The molecule has 0 aliphatic rings. The quantitative estimate of drug-likeness (QED) is 0.608. The second kappa shape index (κ2) is 7.74. The number of nitrogens with two attached hydrogens (primary N) is 1. The van der Waals surface area contributed by atoms with E-state index < -0.39 is 6.04 Å². The first-order chi connectivity index (χ1) is 11.0. The summed E-state index contributed by atoms with van der Waals surface area (Å²) in [5.74, 6) is 0.178. The molecule has 0 aliphatic heterocycles. The molecule has 0 saturated carbocycles. The van der Waals surface area contributed by atoms with Crippen LogP contribution in [0.1, 0.15) is 29.8 Å². The molecular weight excluding hydrogens is 295 g/mol. The second-order valence-electron chi connectivity index (χ2n) is 5.24. The number of Topliss-reactive ketones (excluding diaryl/α,β-unsaturated/α-hetero) is 1. The van der Waals surface area contributed by atoms with Crippen molar-refractivity contribution in [1.82, 2.24) is 5.32 Å². The van der Waals surface area contributed by atoms with E-state index in [-0.39, 0.29) is 18.1 Å². The van der Waals surface area contributed by atoms with Crippen molar-refractivity contribution in [3.05, 3.63) is 59.4 Å². The summed E-state index contributed by atoms with van der Waals surface area (Å²) in [5, 5.41) is 3.04. The van der Waals surface area contributed by atoms with Crippen molar-refractivity contribution in [3.8, 4) is 5.75 Å². The number of ether oxygens (including phenoxy) is 1. The van der Waals surface area contributed by atoms with Crippen LogP contribution in [0.15, 0.2) is 42.5 Å². The fourth-order valence-electron chi connectivity index (χ4n) is 2.24. The van der Waals surface area contributed by atoms with E-state index >= 15 is 0 Å². The average molecular weight is 316 g/mol. The molecule has 0 heterocycles. The van der Waals surface area contributed by atoms with Gasteiger partial charge in [0.2, 0.25) is 0 Å². The van der Waals surface area contributed by atoms with Gasteiger partial charge in [-0.25, -0.2) is 4.39 Å². The molecule has 2 aromatic carbocycles. The topological polar surface area (TPSA) is 64.3 Å². The van der Waals surface area contributed by atoms with Gasteiger partial charge in [-0.15, -0.1) is 0 Å². The van der Waals surface area contributed by atoms with Gasteiger partial charge in [-0.1, -0.05) is 18.2 Å². The third kappa shape index (κ3) is 4.29. The Hall–Kier alpha value is -2.40. The number of nitrogens with one attached hydrogen (secondary N) is 1. The maximum Gasteiger partial charge on any atom is 0.179 e. The SMILES string of the molecule is CCOc1ccc(C(=O)C(C)NCc2ccccc2F)cc1N. The number of nitrogen functional groups attached to an aromatic ring is 1. The largest absolute Gasteiger partial charge is 0.492 e. The summed E-state index contributed by atoms with van der Waals surface area (Å²) in [5.41, 5.74) is 7.34. The minimum atomic E-state index is -0.452. The van der Waals surface area contributed by atoms with Crippen LogP contribution in [0.2, 0.25) is 0 Å². The van der Waals surface area contributed by atoms with E-state index in [1.807, 2.05) is 6.92 Å². The molecular formula is C18H21FN2O2. The van der Waals surface area contributed by atoms with Crippen molar-refractivity contribution >= 4 is 11.5 Å². The van der Waals surface area contributed by atoms with Crippen LogP contribution in [0.5, 0.6) is 5.75 Å². The Morgan fingerprint density at radius 1 is 1.30 bits per heavy atom. The summed E-state index contributed by atoms with van der Waals surface area (Å²) in [4.78, 5) is 12.4. The molecule has 0 fully saturated rings. The lowest BCUT2D eigenvalue weighted by molar-refractivity contribution is 0.0950. The Morgan fingerprint density at radius 3 is 2.70 bits per heavy atom. The number of hydrogen-bond donors (Lipinski definition) is 2. The maximum absolute atomic E-state index is 13.6. The molecule has 0 saturated heterocycles. The number of benzene rings is 2. The van der Waals surface area contributed by atoms with Crippen LogP contribution in [-0.2, 0) is 6.54 Å². The highest BCUT2D eigenvalue weighted by atomic mass is 19.1. The average Bonchev–Trinajstić information content (AvgIpc) is 2.55. The summed E-state index contributed by atoms with van der Waals surface area (Å²) >= 11 is 0. The number of anilines is 1. The number of carbonyl (C=O) groups is 1. The minimum absolute atomic E-state index is 0.101. The zero-order valence-electron chi connectivity index (χ0n) is 13.3. The smallest absolute Gasteiger partial charge is 0.179 e. The van der Waals surface area contributed by atoms with Crippen LogP contribution in [0.3, 0.4) is 0 Å². The van der Waals surface area contributed by atoms with E-state index in [0.717, 1.165) is 0 Å². The number of rotatable bonds is 7. The highest BCUT2D eigenvalue weighted by Crippen LogP contribution is 2.23. The van der Waals surface area contributed by atoms with Crippen molar-refractivity contribution in [2.24, 2.45) is 0 Å². The molecule has 0 aromatic heterocycles. The molecule has 2 aromatic rings. The molecule has 3 N–H and O–H groups in total. The van der Waals surface area contributed by atoms with E-state index in [4.69, 9.17) is 10.5 Å². The van der Waals surface area contributed by atoms with Crippen LogP contribution in [0, 0.1) is 5.82 Å². The van der Waals surface area contributed by atoms with Crippen LogP contribution in [0.4, 0.5) is 10.1 Å². The van der Waals surface area contributed by atoms with E-state index in [2.05, 4.69) is 5.32 Å². The molecule has 0 aliphatic carbocycles. The predicted octanol–water partition coefficient (Wildman–Crippen LogP) is 3.17. The van der Waals surface area contributed by atoms with Gasteiger partial charge in [0, 0.05) is 17.7 Å². The van der Waals surface area contributed by atoms with Gasteiger partial charge in [0.25, 0.3) is 0 Å². The Labute approximate surface area is 135 Å². The van der Waals surface area contributed by atoms with Crippen LogP contribution < -0.4 is 15.8 Å². The zero-order valence-corrected chi connectivity index (χ0v) is 13.3. The van der Waals surface area contributed by atoms with Gasteiger partial charge in [-0.05, 0) is 38.1 Å². The first kappa shape index (κ1) is 17.0. The Morgan fingerprint density at radius 2 is 2.04 bits per heavy atom. The first-order valence-electron chi connectivity index (χ1n) is 7.56. The lowest BCUT2D eigenvalue weighted by atomic mass is 10.0. The molecule has 23 heavy (non-hydrogen) atoms. The molecule has 0 amide bonds. The monoisotopic (exact) mass is 316 g/mol. The summed E-state index contributed by atoms with van der Waals surface area (Å²) in [6.07, 6.45) is 0. The number of hydrogen-bond acceptors (Lipinski definition) is 4. The Balaban J connectivity index is 2.02. The maximum atomic E-state index is 13.6. The number of carbonyl (C=O) groups excluding carboxylic acids is 1. The van der Waals surface area contributed by atoms with E-state index in [1.165, 1.54) is 6.07 Å². The zero-order chi connectivity index (χ0) is 16.8. The van der Waals surface area contributed by atoms with Crippen LogP contribution in [0.25, 0.3) is 0 Å². The predicted molar refractivity (Wildman–Crippen MR) is 89.1 cm³/mol. The first-order valence-corrected chi connectivity index (χ1v) is 7.56. The molecule has 122 valence electrons. The van der Waals surface area contributed by atoms with Crippen molar-refractivity contribution in [2.45, 2.75) is 26.4 Å².